The Morgan fingerprint density at radius 1 is 1.24 bits per heavy atom. The summed E-state index contributed by atoms with van der Waals surface area (Å²) in [6, 6.07) is 14.4. The van der Waals surface area contributed by atoms with Crippen molar-refractivity contribution in [3.63, 3.8) is 0 Å². The molecule has 0 radical (unpaired) electrons. The van der Waals surface area contributed by atoms with Gasteiger partial charge in [0.2, 0.25) is 0 Å². The van der Waals surface area contributed by atoms with Crippen LogP contribution in [0.15, 0.2) is 52.8 Å². The lowest BCUT2D eigenvalue weighted by molar-refractivity contribution is 0.119. The lowest BCUT2D eigenvalue weighted by Crippen LogP contribution is -2.40. The number of rotatable bonds is 8. The van der Waals surface area contributed by atoms with Gasteiger partial charge in [0.25, 0.3) is 0 Å². The maximum absolute atomic E-state index is 5.99. The molecule has 0 aliphatic carbocycles. The molecular formula is C22H28N4O2S. The summed E-state index contributed by atoms with van der Waals surface area (Å²) in [5.41, 5.74) is 1.01. The van der Waals surface area contributed by atoms with Crippen molar-refractivity contribution in [2.24, 2.45) is 4.99 Å². The predicted octanol–water partition coefficient (Wildman–Crippen LogP) is 4.09. The number of guanidine groups is 1. The normalized spacial score (nSPS) is 12.8. The van der Waals surface area contributed by atoms with E-state index in [1.165, 1.54) is 5.39 Å². The highest BCUT2D eigenvalue weighted by Gasteiger charge is 2.12. The number of fused-ring (bicyclic) bond motifs is 1. The van der Waals surface area contributed by atoms with Crippen molar-refractivity contribution >= 4 is 28.1 Å². The molecule has 0 fully saturated rings. The van der Waals surface area contributed by atoms with Gasteiger partial charge in [-0.05, 0) is 18.4 Å². The molecule has 1 aromatic heterocycles. The molecule has 7 heteroatoms. The number of aliphatic imine (C=N–C) groups is 1. The number of aromatic nitrogens is 1. The molecule has 1 heterocycles. The molecule has 154 valence electrons. The van der Waals surface area contributed by atoms with Gasteiger partial charge in [-0.3, -0.25) is 4.99 Å². The molecule has 0 spiro atoms. The molecular weight excluding hydrogens is 384 g/mol. The molecule has 3 rings (SSSR count). The van der Waals surface area contributed by atoms with E-state index in [-0.39, 0.29) is 6.10 Å². The van der Waals surface area contributed by atoms with Crippen LogP contribution in [-0.4, -0.2) is 50.2 Å². The number of thiazole rings is 1. The third kappa shape index (κ3) is 5.46. The Labute approximate surface area is 176 Å². The number of methoxy groups -OCH3 is 1. The van der Waals surface area contributed by atoms with E-state index < -0.39 is 0 Å². The Bertz CT molecular complexity index is 951. The second kappa shape index (κ2) is 10.2. The Kier molecular flexibility index (Phi) is 7.43. The van der Waals surface area contributed by atoms with Crippen LogP contribution >= 0.6 is 11.3 Å². The highest BCUT2D eigenvalue weighted by atomic mass is 32.1. The van der Waals surface area contributed by atoms with E-state index in [2.05, 4.69) is 38.9 Å². The molecule has 1 unspecified atom stereocenters. The molecule has 2 aromatic carbocycles. The number of nitrogens with one attached hydrogen (secondary N) is 1. The zero-order chi connectivity index (χ0) is 20.6. The first-order chi connectivity index (χ1) is 14.1. The van der Waals surface area contributed by atoms with Gasteiger partial charge in [0.05, 0.1) is 18.8 Å². The van der Waals surface area contributed by atoms with Gasteiger partial charge < -0.3 is 19.7 Å². The van der Waals surface area contributed by atoms with Crippen LogP contribution in [0.2, 0.25) is 0 Å². The minimum Gasteiger partial charge on any atom is -0.491 e. The molecule has 1 N–H and O–H groups in total. The van der Waals surface area contributed by atoms with Gasteiger partial charge in [-0.2, -0.15) is 0 Å². The van der Waals surface area contributed by atoms with Crippen LogP contribution in [0.5, 0.6) is 5.75 Å². The van der Waals surface area contributed by atoms with Crippen molar-refractivity contribution in [3.05, 3.63) is 58.5 Å². The Hall–Kier alpha value is -2.64. The highest BCUT2D eigenvalue weighted by molar-refractivity contribution is 7.09. The Balaban J connectivity index is 1.50. The first kappa shape index (κ1) is 21.1. The maximum Gasteiger partial charge on any atom is 0.193 e. The average Bonchev–Trinajstić information content (AvgIpc) is 3.21. The third-order valence-corrected chi connectivity index (χ3v) is 5.69. The zero-order valence-corrected chi connectivity index (χ0v) is 18.2. The smallest absolute Gasteiger partial charge is 0.193 e. The van der Waals surface area contributed by atoms with E-state index in [0.717, 1.165) is 27.8 Å². The summed E-state index contributed by atoms with van der Waals surface area (Å²) < 4.78 is 11.3. The second-order valence-electron chi connectivity index (χ2n) is 6.71. The van der Waals surface area contributed by atoms with Crippen molar-refractivity contribution in [3.8, 4) is 5.75 Å². The monoisotopic (exact) mass is 412 g/mol. The van der Waals surface area contributed by atoms with Gasteiger partial charge in [-0.25, -0.2) is 4.98 Å². The average molecular weight is 413 g/mol. The quantitative estimate of drug-likeness (QED) is 0.343. The van der Waals surface area contributed by atoms with Crippen molar-refractivity contribution in [2.45, 2.75) is 19.6 Å². The van der Waals surface area contributed by atoms with Crippen molar-refractivity contribution in [2.75, 3.05) is 34.4 Å². The molecule has 0 aliphatic heterocycles. The third-order valence-electron chi connectivity index (χ3n) is 4.64. The molecule has 1 atom stereocenters. The largest absolute Gasteiger partial charge is 0.491 e. The summed E-state index contributed by atoms with van der Waals surface area (Å²) in [6.07, 6.45) is 0.0164. The SMILES string of the molecule is CN=C(NCCOc1cccc2ccccc12)N(C)Cc1csc(C(C)OC)n1. The van der Waals surface area contributed by atoms with E-state index >= 15 is 0 Å². The van der Waals surface area contributed by atoms with E-state index in [0.29, 0.717) is 19.7 Å². The van der Waals surface area contributed by atoms with E-state index in [4.69, 9.17) is 9.47 Å². The number of hydrogen-bond donors (Lipinski definition) is 1. The Morgan fingerprint density at radius 3 is 2.83 bits per heavy atom. The van der Waals surface area contributed by atoms with Crippen LogP contribution in [-0.2, 0) is 11.3 Å². The fourth-order valence-corrected chi connectivity index (χ4v) is 3.87. The minimum absolute atomic E-state index is 0.0164. The van der Waals surface area contributed by atoms with Gasteiger partial charge in [0.1, 0.15) is 23.5 Å². The lowest BCUT2D eigenvalue weighted by Gasteiger charge is -2.21. The number of ether oxygens (including phenoxy) is 2. The topological polar surface area (TPSA) is 59.0 Å². The lowest BCUT2D eigenvalue weighted by atomic mass is 10.1. The first-order valence-electron chi connectivity index (χ1n) is 9.61. The van der Waals surface area contributed by atoms with Gasteiger partial charge in [-0.15, -0.1) is 11.3 Å². The van der Waals surface area contributed by atoms with E-state index in [1.54, 1.807) is 25.5 Å². The zero-order valence-electron chi connectivity index (χ0n) is 17.4. The number of benzene rings is 2. The molecule has 6 nitrogen and oxygen atoms in total. The standard InChI is InChI=1S/C22H28N4O2S/c1-16(27-4)21-25-18(15-29-21)14-26(3)22(23-2)24-12-13-28-20-11-7-9-17-8-5-6-10-19(17)20/h5-11,15-16H,12-14H2,1-4H3,(H,23,24). The van der Waals surface area contributed by atoms with Crippen LogP contribution in [0.25, 0.3) is 10.8 Å². The van der Waals surface area contributed by atoms with Crippen LogP contribution < -0.4 is 10.1 Å². The van der Waals surface area contributed by atoms with Crippen LogP contribution in [0.1, 0.15) is 23.7 Å². The number of hydrogen-bond acceptors (Lipinski definition) is 5. The predicted molar refractivity (Wildman–Crippen MR) is 120 cm³/mol. The molecule has 0 bridgehead atoms. The molecule has 0 amide bonds. The van der Waals surface area contributed by atoms with Crippen molar-refractivity contribution in [1.29, 1.82) is 0 Å². The van der Waals surface area contributed by atoms with E-state index in [1.807, 2.05) is 43.1 Å². The first-order valence-corrected chi connectivity index (χ1v) is 10.5. The summed E-state index contributed by atoms with van der Waals surface area (Å²) >= 11 is 1.62. The van der Waals surface area contributed by atoms with Gasteiger partial charge in [-0.1, -0.05) is 36.4 Å². The highest BCUT2D eigenvalue weighted by Crippen LogP contribution is 2.25. The van der Waals surface area contributed by atoms with Gasteiger partial charge >= 0.3 is 0 Å². The fourth-order valence-electron chi connectivity index (χ4n) is 3.03. The molecule has 0 saturated heterocycles. The summed E-state index contributed by atoms with van der Waals surface area (Å²) in [4.78, 5) is 11.1. The molecule has 3 aromatic rings. The molecule has 0 saturated carbocycles. The summed E-state index contributed by atoms with van der Waals surface area (Å²) in [7, 11) is 5.48. The molecule has 29 heavy (non-hydrogen) atoms. The molecule has 0 aliphatic rings. The van der Waals surface area contributed by atoms with Gasteiger partial charge in [0.15, 0.2) is 5.96 Å². The van der Waals surface area contributed by atoms with Crippen LogP contribution in [0.4, 0.5) is 0 Å². The van der Waals surface area contributed by atoms with Crippen molar-refractivity contribution in [1.82, 2.24) is 15.2 Å². The summed E-state index contributed by atoms with van der Waals surface area (Å²) in [6.45, 7) is 3.88. The maximum atomic E-state index is 5.99. The fraction of sp³-hybridized carbons (Fsp3) is 0.364. The van der Waals surface area contributed by atoms with Crippen LogP contribution in [0.3, 0.4) is 0 Å². The Morgan fingerprint density at radius 2 is 2.03 bits per heavy atom. The summed E-state index contributed by atoms with van der Waals surface area (Å²) in [5, 5.41) is 8.71. The van der Waals surface area contributed by atoms with Crippen molar-refractivity contribution < 1.29 is 9.47 Å². The second-order valence-corrected chi connectivity index (χ2v) is 7.60. The minimum atomic E-state index is 0.0164. The summed E-state index contributed by atoms with van der Waals surface area (Å²) in [5.74, 6) is 1.70. The number of nitrogens with zero attached hydrogens (tertiary/aromatic N) is 3. The van der Waals surface area contributed by atoms with E-state index in [9.17, 15) is 0 Å². The van der Waals surface area contributed by atoms with Crippen LogP contribution in [0, 0.1) is 0 Å². The van der Waals surface area contributed by atoms with Gasteiger partial charge in [0, 0.05) is 32.0 Å².